The first kappa shape index (κ1) is 17.9. The molecule has 130 valence electrons. The lowest BCUT2D eigenvalue weighted by molar-refractivity contribution is 0.112. The molecule has 0 bridgehead atoms. The van der Waals surface area contributed by atoms with E-state index in [2.05, 4.69) is 14.5 Å². The van der Waals surface area contributed by atoms with Gasteiger partial charge in [0.05, 0.1) is 19.5 Å². The number of amides is 2. The molecule has 0 unspecified atom stereocenters. The average Bonchev–Trinajstić information content (AvgIpc) is 3.01. The van der Waals surface area contributed by atoms with Crippen LogP contribution in [0.2, 0.25) is 0 Å². The maximum absolute atomic E-state index is 11.4. The summed E-state index contributed by atoms with van der Waals surface area (Å²) in [6.07, 6.45) is 10.3. The van der Waals surface area contributed by atoms with Crippen LogP contribution in [-0.4, -0.2) is 65.9 Å². The monoisotopic (exact) mass is 352 g/mol. The number of carbonyl (C=O) groups excluding carboxylic acids is 2. The zero-order chi connectivity index (χ0) is 17.5. The van der Waals surface area contributed by atoms with Gasteiger partial charge in [-0.05, 0) is 6.08 Å². The highest BCUT2D eigenvalue weighted by molar-refractivity contribution is 8.14. The first-order valence-corrected chi connectivity index (χ1v) is 8.14. The van der Waals surface area contributed by atoms with E-state index in [9.17, 15) is 9.59 Å². The lowest BCUT2D eigenvalue weighted by Crippen LogP contribution is -2.45. The highest BCUT2D eigenvalue weighted by atomic mass is 32.2. The van der Waals surface area contributed by atoms with Crippen molar-refractivity contribution in [3.8, 4) is 0 Å². The number of hydrogen-bond acceptors (Lipinski definition) is 7. The summed E-state index contributed by atoms with van der Waals surface area (Å²) in [7, 11) is 2.74. The van der Waals surface area contributed by atoms with Gasteiger partial charge in [0.25, 0.3) is 0 Å². The summed E-state index contributed by atoms with van der Waals surface area (Å²) >= 11 is 1.47. The Bertz CT molecular complexity index is 602. The van der Waals surface area contributed by atoms with Crippen molar-refractivity contribution in [2.75, 3.05) is 27.3 Å². The fourth-order valence-electron chi connectivity index (χ4n) is 2.26. The topological polar surface area (TPSA) is 97.5 Å². The number of allylic oxidation sites excluding steroid dienone is 2. The summed E-state index contributed by atoms with van der Waals surface area (Å²) in [5, 5.41) is 0.670. The molecule has 2 atom stereocenters. The predicted molar refractivity (Wildman–Crippen MR) is 92.4 cm³/mol. The summed E-state index contributed by atoms with van der Waals surface area (Å²) < 4.78 is 9.16. The van der Waals surface area contributed by atoms with Gasteiger partial charge in [-0.3, -0.25) is 9.80 Å². The number of hydrogen-bond donors (Lipinski definition) is 1. The van der Waals surface area contributed by atoms with Crippen molar-refractivity contribution >= 4 is 29.1 Å². The van der Waals surface area contributed by atoms with E-state index in [1.165, 1.54) is 30.9 Å². The Morgan fingerprint density at radius 3 is 2.58 bits per heavy atom. The van der Waals surface area contributed by atoms with E-state index in [4.69, 9.17) is 5.73 Å². The molecule has 2 N–H and O–H groups in total. The molecule has 0 aliphatic carbocycles. The van der Waals surface area contributed by atoms with Crippen molar-refractivity contribution < 1.29 is 19.1 Å². The first-order chi connectivity index (χ1) is 11.6. The molecule has 3 aliphatic rings. The van der Waals surface area contributed by atoms with Gasteiger partial charge >= 0.3 is 12.2 Å². The number of nitrogens with zero attached hydrogens (tertiary/aromatic N) is 3. The Kier molecular flexibility index (Phi) is 6.30. The van der Waals surface area contributed by atoms with Crippen molar-refractivity contribution in [3.63, 3.8) is 0 Å². The van der Waals surface area contributed by atoms with Gasteiger partial charge in [-0.25, -0.2) is 14.6 Å². The van der Waals surface area contributed by atoms with E-state index in [0.29, 0.717) is 18.3 Å². The van der Waals surface area contributed by atoms with Crippen LogP contribution in [0.25, 0.3) is 0 Å². The van der Waals surface area contributed by atoms with Gasteiger partial charge in [0.1, 0.15) is 6.17 Å². The normalized spacial score (nSPS) is 23.8. The maximum Gasteiger partial charge on any atom is 0.413 e. The average molecular weight is 352 g/mol. The van der Waals surface area contributed by atoms with E-state index in [1.54, 1.807) is 17.2 Å². The second-order valence-electron chi connectivity index (χ2n) is 4.91. The molecule has 24 heavy (non-hydrogen) atoms. The number of methoxy groups -OCH3 is 2. The van der Waals surface area contributed by atoms with Crippen LogP contribution in [0.15, 0.2) is 41.6 Å². The number of amidine groups is 1. The van der Waals surface area contributed by atoms with E-state index in [1.807, 2.05) is 24.3 Å². The summed E-state index contributed by atoms with van der Waals surface area (Å²) in [6.45, 7) is 1.13. The van der Waals surface area contributed by atoms with Crippen molar-refractivity contribution in [1.29, 1.82) is 0 Å². The van der Waals surface area contributed by atoms with Gasteiger partial charge in [0, 0.05) is 19.3 Å². The van der Waals surface area contributed by atoms with Crippen LogP contribution >= 0.6 is 11.8 Å². The predicted octanol–water partition coefficient (Wildman–Crippen LogP) is 1.52. The van der Waals surface area contributed by atoms with E-state index in [-0.39, 0.29) is 23.6 Å². The summed E-state index contributed by atoms with van der Waals surface area (Å²) in [5.41, 5.74) is 5.60. The van der Waals surface area contributed by atoms with Gasteiger partial charge in [0.15, 0.2) is 5.17 Å². The second kappa shape index (κ2) is 8.44. The number of aliphatic imine (C=N–C) groups is 1. The van der Waals surface area contributed by atoms with Crippen molar-refractivity contribution in [3.05, 3.63) is 36.6 Å². The SMILES string of the molecule is COC(=O)N1C=CC=CC1.COC(=O)N1CC=C[C@H]2SC(N)=N[C@H]21. The standard InChI is InChI=1S/C8H11N3O2S.C7H9NO2/c1-13-8(12)11-4-2-3-5-6(11)10-7(9)14-5;1-10-7(9)8-5-3-2-4-6-8/h2-3,5-6H,4H2,1H3,(H2,9,10);2-5H,6H2,1H3/t5-,6+;/m1./s1. The molecule has 0 aromatic heterocycles. The zero-order valence-corrected chi connectivity index (χ0v) is 14.3. The third kappa shape index (κ3) is 4.31. The minimum atomic E-state index is -0.358. The summed E-state index contributed by atoms with van der Waals surface area (Å²) in [4.78, 5) is 29.4. The fourth-order valence-corrected chi connectivity index (χ4v) is 3.22. The smallest absolute Gasteiger partial charge is 0.413 e. The van der Waals surface area contributed by atoms with Crippen LogP contribution in [0.1, 0.15) is 0 Å². The molecule has 0 aromatic carbocycles. The van der Waals surface area contributed by atoms with Gasteiger partial charge < -0.3 is 15.2 Å². The minimum Gasteiger partial charge on any atom is -0.453 e. The van der Waals surface area contributed by atoms with Gasteiger partial charge in [0.2, 0.25) is 0 Å². The first-order valence-electron chi connectivity index (χ1n) is 7.26. The van der Waals surface area contributed by atoms with E-state index >= 15 is 0 Å². The van der Waals surface area contributed by atoms with E-state index < -0.39 is 0 Å². The highest BCUT2D eigenvalue weighted by Crippen LogP contribution is 2.31. The second-order valence-corrected chi connectivity index (χ2v) is 6.10. The number of carbonyl (C=O) groups is 2. The van der Waals surface area contributed by atoms with Crippen molar-refractivity contribution in [2.45, 2.75) is 11.4 Å². The maximum atomic E-state index is 11.4. The third-order valence-corrected chi connectivity index (χ3v) is 4.41. The Morgan fingerprint density at radius 1 is 1.21 bits per heavy atom. The number of fused-ring (bicyclic) bond motifs is 1. The van der Waals surface area contributed by atoms with Crippen LogP contribution in [-0.2, 0) is 9.47 Å². The highest BCUT2D eigenvalue weighted by Gasteiger charge is 2.37. The van der Waals surface area contributed by atoms with Gasteiger partial charge in [-0.2, -0.15) is 0 Å². The third-order valence-electron chi connectivity index (χ3n) is 3.39. The molecule has 3 rings (SSSR count). The molecule has 0 fully saturated rings. The molecule has 0 spiro atoms. The molecule has 3 heterocycles. The zero-order valence-electron chi connectivity index (χ0n) is 13.5. The van der Waals surface area contributed by atoms with Crippen LogP contribution in [0.3, 0.4) is 0 Å². The van der Waals surface area contributed by atoms with Crippen LogP contribution < -0.4 is 5.73 Å². The lowest BCUT2D eigenvalue weighted by Gasteiger charge is -2.30. The summed E-state index contributed by atoms with van der Waals surface area (Å²) in [5.74, 6) is 0. The molecule has 3 aliphatic heterocycles. The molecule has 8 nitrogen and oxygen atoms in total. The number of nitrogens with two attached hydrogens (primary N) is 1. The number of ether oxygens (including phenoxy) is 2. The Balaban J connectivity index is 0.000000185. The molecule has 9 heteroatoms. The molecular weight excluding hydrogens is 332 g/mol. The van der Waals surface area contributed by atoms with Crippen LogP contribution in [0.5, 0.6) is 0 Å². The Morgan fingerprint density at radius 2 is 1.96 bits per heavy atom. The van der Waals surface area contributed by atoms with Gasteiger partial charge in [-0.15, -0.1) is 0 Å². The molecule has 2 amide bonds. The van der Waals surface area contributed by atoms with Gasteiger partial charge in [-0.1, -0.05) is 36.1 Å². The summed E-state index contributed by atoms with van der Waals surface area (Å²) in [6, 6.07) is 0. The molecular formula is C15H20N4O4S. The molecule has 0 saturated carbocycles. The molecule has 0 saturated heterocycles. The lowest BCUT2D eigenvalue weighted by atomic mass is 10.2. The molecule has 0 radical (unpaired) electrons. The fraction of sp³-hybridized carbons (Fsp3) is 0.400. The van der Waals surface area contributed by atoms with Crippen molar-refractivity contribution in [2.24, 2.45) is 10.7 Å². The quantitative estimate of drug-likeness (QED) is 0.664. The Hall–Kier alpha value is -2.42. The Labute approximate surface area is 144 Å². The minimum absolute atomic E-state index is 0.142. The molecule has 0 aromatic rings. The largest absolute Gasteiger partial charge is 0.453 e. The van der Waals surface area contributed by atoms with E-state index in [0.717, 1.165) is 0 Å². The van der Waals surface area contributed by atoms with Crippen LogP contribution in [0.4, 0.5) is 9.59 Å². The van der Waals surface area contributed by atoms with Crippen molar-refractivity contribution in [1.82, 2.24) is 9.80 Å². The number of thioether (sulfide) groups is 1. The van der Waals surface area contributed by atoms with Crippen LogP contribution in [0, 0.1) is 0 Å². The number of rotatable bonds is 0.